The smallest absolute Gasteiger partial charge is 0.303 e. The van der Waals surface area contributed by atoms with Gasteiger partial charge < -0.3 is 10.2 Å². The van der Waals surface area contributed by atoms with Gasteiger partial charge in [-0.05, 0) is 35.7 Å². The molecule has 0 heterocycles. The maximum atomic E-state index is 10.6. The van der Waals surface area contributed by atoms with E-state index in [-0.39, 0.29) is 13.0 Å². The zero-order valence-electron chi connectivity index (χ0n) is 11.4. The molecule has 0 saturated heterocycles. The van der Waals surface area contributed by atoms with Crippen LogP contribution in [0.2, 0.25) is 0 Å². The lowest BCUT2D eigenvalue weighted by molar-refractivity contribution is -0.136. The molecule has 2 aromatic rings. The molecule has 0 spiro atoms. The molecular formula is C16H16N2O3. The molecule has 5 heteroatoms. The molecule has 0 atom stereocenters. The van der Waals surface area contributed by atoms with Crippen molar-refractivity contribution in [1.29, 1.82) is 0 Å². The number of aryl methyl sites for hydroxylation is 1. The third-order valence-electron chi connectivity index (χ3n) is 2.99. The Kier molecular flexibility index (Phi) is 5.17. The fraction of sp³-hybridized carbons (Fsp3) is 0.188. The highest BCUT2D eigenvalue weighted by atomic mass is 16.4. The average Bonchev–Trinajstić information content (AvgIpc) is 2.52. The van der Waals surface area contributed by atoms with Crippen molar-refractivity contribution in [1.82, 2.24) is 0 Å². The number of azo groups is 1. The summed E-state index contributed by atoms with van der Waals surface area (Å²) in [4.78, 5) is 10.6. The minimum Gasteiger partial charge on any atom is -0.481 e. The fourth-order valence-electron chi connectivity index (χ4n) is 1.84. The maximum absolute atomic E-state index is 10.6. The summed E-state index contributed by atoms with van der Waals surface area (Å²) in [6.45, 7) is -0.00452. The van der Waals surface area contributed by atoms with Crippen LogP contribution in [0.25, 0.3) is 0 Å². The number of rotatable bonds is 6. The number of aliphatic hydroxyl groups excluding tert-OH is 1. The lowest BCUT2D eigenvalue weighted by Crippen LogP contribution is -1.97. The number of hydrogen-bond acceptors (Lipinski definition) is 4. The van der Waals surface area contributed by atoms with Crippen LogP contribution in [0.1, 0.15) is 17.5 Å². The van der Waals surface area contributed by atoms with E-state index in [1.165, 1.54) is 0 Å². The molecule has 2 aromatic carbocycles. The molecule has 0 aromatic heterocycles. The van der Waals surface area contributed by atoms with Crippen molar-refractivity contribution >= 4 is 17.3 Å². The van der Waals surface area contributed by atoms with Crippen LogP contribution in [0.5, 0.6) is 0 Å². The fourth-order valence-corrected chi connectivity index (χ4v) is 1.84. The standard InChI is InChI=1S/C16H16N2O3/c19-11-12-5-8-14(9-6-12)17-18-15-4-2-1-3-13(15)7-10-16(20)21/h1-6,8-9,19H,7,10-11H2,(H,20,21)/b18-17+. The summed E-state index contributed by atoms with van der Waals surface area (Å²) in [6, 6.07) is 14.5. The molecule has 0 unspecified atom stereocenters. The Labute approximate surface area is 122 Å². The quantitative estimate of drug-likeness (QED) is 0.795. The molecule has 0 saturated carbocycles. The Morgan fingerprint density at radius 2 is 1.71 bits per heavy atom. The predicted molar refractivity (Wildman–Crippen MR) is 78.9 cm³/mol. The molecule has 5 nitrogen and oxygen atoms in total. The van der Waals surface area contributed by atoms with Crippen LogP contribution in [0.3, 0.4) is 0 Å². The van der Waals surface area contributed by atoms with Gasteiger partial charge in [-0.1, -0.05) is 30.3 Å². The third kappa shape index (κ3) is 4.50. The number of benzene rings is 2. The first-order valence-corrected chi connectivity index (χ1v) is 6.60. The first kappa shape index (κ1) is 14.9. The molecular weight excluding hydrogens is 268 g/mol. The van der Waals surface area contributed by atoms with E-state index < -0.39 is 5.97 Å². The van der Waals surface area contributed by atoms with E-state index in [9.17, 15) is 4.79 Å². The van der Waals surface area contributed by atoms with Crippen molar-refractivity contribution in [2.45, 2.75) is 19.4 Å². The summed E-state index contributed by atoms with van der Waals surface area (Å²) in [6.07, 6.45) is 0.492. The SMILES string of the molecule is O=C(O)CCc1ccccc1/N=N/c1ccc(CO)cc1. The molecule has 0 aliphatic carbocycles. The summed E-state index contributed by atoms with van der Waals surface area (Å²) in [5.74, 6) is -0.832. The van der Waals surface area contributed by atoms with Gasteiger partial charge in [0.25, 0.3) is 0 Å². The highest BCUT2D eigenvalue weighted by Crippen LogP contribution is 2.23. The molecule has 21 heavy (non-hydrogen) atoms. The average molecular weight is 284 g/mol. The van der Waals surface area contributed by atoms with Crippen LogP contribution in [0.4, 0.5) is 11.4 Å². The summed E-state index contributed by atoms with van der Waals surface area (Å²) in [7, 11) is 0. The first-order valence-electron chi connectivity index (χ1n) is 6.60. The van der Waals surface area contributed by atoms with Gasteiger partial charge in [0.1, 0.15) is 0 Å². The van der Waals surface area contributed by atoms with Crippen molar-refractivity contribution in [2.24, 2.45) is 10.2 Å². The lowest BCUT2D eigenvalue weighted by Gasteiger charge is -2.02. The molecule has 108 valence electrons. The Morgan fingerprint density at radius 1 is 1.00 bits per heavy atom. The van der Waals surface area contributed by atoms with Crippen molar-refractivity contribution in [3.63, 3.8) is 0 Å². The van der Waals surface area contributed by atoms with Crippen LogP contribution in [0, 0.1) is 0 Å². The van der Waals surface area contributed by atoms with E-state index >= 15 is 0 Å². The van der Waals surface area contributed by atoms with Crippen LogP contribution >= 0.6 is 0 Å². The van der Waals surface area contributed by atoms with E-state index in [4.69, 9.17) is 10.2 Å². The second kappa shape index (κ2) is 7.31. The number of nitrogens with zero attached hydrogens (tertiary/aromatic N) is 2. The van der Waals surface area contributed by atoms with Gasteiger partial charge in [0.05, 0.1) is 18.0 Å². The number of hydrogen-bond donors (Lipinski definition) is 2. The number of aliphatic hydroxyl groups is 1. The topological polar surface area (TPSA) is 82.2 Å². The molecule has 0 fully saturated rings. The van der Waals surface area contributed by atoms with Gasteiger partial charge in [-0.15, -0.1) is 0 Å². The van der Waals surface area contributed by atoms with E-state index in [1.54, 1.807) is 24.3 Å². The predicted octanol–water partition coefficient (Wildman–Crippen LogP) is 3.61. The number of carboxylic acids is 1. The van der Waals surface area contributed by atoms with Crippen molar-refractivity contribution in [2.75, 3.05) is 0 Å². The second-order valence-electron chi connectivity index (χ2n) is 4.55. The summed E-state index contributed by atoms with van der Waals surface area (Å²) in [5, 5.41) is 26.0. The normalized spacial score (nSPS) is 10.9. The summed E-state index contributed by atoms with van der Waals surface area (Å²) >= 11 is 0. The van der Waals surface area contributed by atoms with Crippen molar-refractivity contribution < 1.29 is 15.0 Å². The van der Waals surface area contributed by atoms with Crippen molar-refractivity contribution in [3.05, 3.63) is 59.7 Å². The Hall–Kier alpha value is -2.53. The van der Waals surface area contributed by atoms with Crippen LogP contribution in [0.15, 0.2) is 58.8 Å². The molecule has 0 amide bonds. The van der Waals surface area contributed by atoms with Gasteiger partial charge in [0.15, 0.2) is 0 Å². The number of carbonyl (C=O) groups is 1. The molecule has 0 aliphatic rings. The molecule has 0 bridgehead atoms. The summed E-state index contributed by atoms with van der Waals surface area (Å²) < 4.78 is 0. The first-order chi connectivity index (χ1) is 10.2. The molecule has 2 rings (SSSR count). The Morgan fingerprint density at radius 3 is 2.38 bits per heavy atom. The van der Waals surface area contributed by atoms with Crippen molar-refractivity contribution in [3.8, 4) is 0 Å². The largest absolute Gasteiger partial charge is 0.481 e. The van der Waals surface area contributed by atoms with Crippen LogP contribution < -0.4 is 0 Å². The third-order valence-corrected chi connectivity index (χ3v) is 2.99. The zero-order valence-corrected chi connectivity index (χ0v) is 11.4. The lowest BCUT2D eigenvalue weighted by atomic mass is 10.1. The van der Waals surface area contributed by atoms with Gasteiger partial charge in [-0.2, -0.15) is 10.2 Å². The molecule has 0 radical (unpaired) electrons. The van der Waals surface area contributed by atoms with Crippen LogP contribution in [-0.2, 0) is 17.8 Å². The minimum absolute atomic E-state index is 0.00452. The Balaban J connectivity index is 2.13. The van der Waals surface area contributed by atoms with Gasteiger partial charge in [0, 0.05) is 6.42 Å². The van der Waals surface area contributed by atoms with E-state index in [2.05, 4.69) is 10.2 Å². The zero-order chi connectivity index (χ0) is 15.1. The highest BCUT2D eigenvalue weighted by Gasteiger charge is 2.04. The van der Waals surface area contributed by atoms with Gasteiger partial charge >= 0.3 is 5.97 Å². The van der Waals surface area contributed by atoms with E-state index in [1.807, 2.05) is 24.3 Å². The van der Waals surface area contributed by atoms with Gasteiger partial charge in [-0.25, -0.2) is 0 Å². The minimum atomic E-state index is -0.832. The number of aliphatic carboxylic acids is 1. The maximum Gasteiger partial charge on any atom is 0.303 e. The van der Waals surface area contributed by atoms with Gasteiger partial charge in [-0.3, -0.25) is 4.79 Å². The summed E-state index contributed by atoms with van der Waals surface area (Å²) in [5.41, 5.74) is 3.02. The number of carboxylic acid groups (broad SMARTS) is 1. The Bertz CT molecular complexity index is 636. The highest BCUT2D eigenvalue weighted by molar-refractivity contribution is 5.67. The second-order valence-corrected chi connectivity index (χ2v) is 4.55. The van der Waals surface area contributed by atoms with Crippen LogP contribution in [-0.4, -0.2) is 16.2 Å². The van der Waals surface area contributed by atoms with Gasteiger partial charge in [0.2, 0.25) is 0 Å². The van der Waals surface area contributed by atoms with E-state index in [0.717, 1.165) is 11.1 Å². The molecule has 0 aliphatic heterocycles. The van der Waals surface area contributed by atoms with E-state index in [0.29, 0.717) is 17.8 Å². The molecule has 2 N–H and O–H groups in total. The monoisotopic (exact) mass is 284 g/mol.